The number of hydrogen-bond acceptors (Lipinski definition) is 3. The fourth-order valence-electron chi connectivity index (χ4n) is 1.07. The lowest BCUT2D eigenvalue weighted by Gasteiger charge is -1.95. The number of rotatable bonds is 3. The molecule has 0 aliphatic rings. The number of amides is 1. The van der Waals surface area contributed by atoms with Crippen LogP contribution in [0.4, 0.5) is 5.88 Å². The van der Waals surface area contributed by atoms with E-state index in [0.29, 0.717) is 11.6 Å². The van der Waals surface area contributed by atoms with Gasteiger partial charge in [0.05, 0.1) is 0 Å². The summed E-state index contributed by atoms with van der Waals surface area (Å²) in [6, 6.07) is 0.148. The molecule has 0 aromatic carbocycles. The molecule has 14 heavy (non-hydrogen) atoms. The predicted molar refractivity (Wildman–Crippen MR) is 50.9 cm³/mol. The molecular formula is C8H13ClN3O2+. The number of alkyl halides is 1. The Morgan fingerprint density at radius 3 is 2.79 bits per heavy atom. The maximum atomic E-state index is 10.8. The first-order chi connectivity index (χ1) is 6.56. The van der Waals surface area contributed by atoms with Crippen molar-refractivity contribution in [3.05, 3.63) is 5.69 Å². The Kier molecular flexibility index (Phi) is 3.46. The highest BCUT2D eigenvalue weighted by atomic mass is 35.5. The lowest BCUT2D eigenvalue weighted by atomic mass is 10.3. The second-order valence-electron chi connectivity index (χ2n) is 3.20. The van der Waals surface area contributed by atoms with E-state index in [9.17, 15) is 4.79 Å². The molecule has 0 saturated heterocycles. The number of hydrogen-bond donors (Lipinski definition) is 1. The number of carbonyl (C=O) groups excluding carboxylic acids is 1. The zero-order valence-electron chi connectivity index (χ0n) is 8.37. The van der Waals surface area contributed by atoms with E-state index in [0.717, 1.165) is 0 Å². The molecule has 0 spiro atoms. The molecule has 0 atom stereocenters. The third-order valence-corrected chi connectivity index (χ3v) is 1.92. The first-order valence-corrected chi connectivity index (χ1v) is 4.83. The van der Waals surface area contributed by atoms with Crippen molar-refractivity contribution in [1.82, 2.24) is 5.27 Å². The van der Waals surface area contributed by atoms with Crippen LogP contribution < -0.4 is 10.00 Å². The summed E-state index contributed by atoms with van der Waals surface area (Å²) in [6.45, 7) is 5.31. The van der Waals surface area contributed by atoms with Crippen LogP contribution in [0.1, 0.15) is 32.5 Å². The van der Waals surface area contributed by atoms with Crippen molar-refractivity contribution in [2.24, 2.45) is 0 Å². The third kappa shape index (κ3) is 2.23. The monoisotopic (exact) mass is 218 g/mol. The summed E-state index contributed by atoms with van der Waals surface area (Å²) in [6.07, 6.45) is 0. The summed E-state index contributed by atoms with van der Waals surface area (Å²) < 4.78 is 6.59. The molecule has 6 heteroatoms. The van der Waals surface area contributed by atoms with Crippen LogP contribution in [-0.2, 0) is 10.7 Å². The Balaban J connectivity index is 3.01. The van der Waals surface area contributed by atoms with Gasteiger partial charge in [0.25, 0.3) is 5.69 Å². The highest BCUT2D eigenvalue weighted by Gasteiger charge is 2.26. The molecule has 0 bridgehead atoms. The minimum Gasteiger partial charge on any atom is -0.289 e. The Morgan fingerprint density at radius 2 is 2.36 bits per heavy atom. The van der Waals surface area contributed by atoms with Gasteiger partial charge < -0.3 is 0 Å². The van der Waals surface area contributed by atoms with Crippen LogP contribution in [0.15, 0.2) is 4.52 Å². The maximum absolute atomic E-state index is 10.8. The number of aromatic nitrogens is 2. The van der Waals surface area contributed by atoms with E-state index < -0.39 is 0 Å². The molecule has 1 amide bonds. The summed E-state index contributed by atoms with van der Waals surface area (Å²) in [5.74, 6) is 0.363. The summed E-state index contributed by atoms with van der Waals surface area (Å²) in [5, 5.41) is 6.31. The van der Waals surface area contributed by atoms with Gasteiger partial charge in [-0.2, -0.15) is 0 Å². The molecule has 0 unspecified atom stereocenters. The van der Waals surface area contributed by atoms with Gasteiger partial charge in [0.15, 0.2) is 6.04 Å². The van der Waals surface area contributed by atoms with E-state index in [1.165, 1.54) is 6.92 Å². The van der Waals surface area contributed by atoms with Crippen LogP contribution in [0.3, 0.4) is 0 Å². The second kappa shape index (κ2) is 4.41. The molecule has 0 fully saturated rings. The zero-order valence-corrected chi connectivity index (χ0v) is 9.13. The molecule has 0 saturated carbocycles. The summed E-state index contributed by atoms with van der Waals surface area (Å²) in [7, 11) is 0. The van der Waals surface area contributed by atoms with Gasteiger partial charge in [0.1, 0.15) is 5.88 Å². The lowest BCUT2D eigenvalue weighted by molar-refractivity contribution is -0.784. The molecule has 1 N–H and O–H groups in total. The smallest absolute Gasteiger partial charge is 0.289 e. The fraction of sp³-hybridized carbons (Fsp3) is 0.625. The van der Waals surface area contributed by atoms with E-state index in [-0.39, 0.29) is 17.8 Å². The van der Waals surface area contributed by atoms with E-state index in [4.69, 9.17) is 16.1 Å². The van der Waals surface area contributed by atoms with Gasteiger partial charge in [-0.1, -0.05) is 0 Å². The molecule has 1 heterocycles. The van der Waals surface area contributed by atoms with E-state index >= 15 is 0 Å². The SMILES string of the molecule is CC(=O)Nc1on[n+](C(C)C)c1CCl. The Morgan fingerprint density at radius 1 is 1.71 bits per heavy atom. The number of carbonyl (C=O) groups is 1. The standard InChI is InChI=1S/C8H12ClN3O2/c1-5(2)12-7(4-9)8(14-11-12)10-6(3)13/h5H,4H2,1-3H3/p+1. The van der Waals surface area contributed by atoms with Gasteiger partial charge in [-0.3, -0.25) is 14.6 Å². The van der Waals surface area contributed by atoms with Crippen LogP contribution in [0.5, 0.6) is 0 Å². The van der Waals surface area contributed by atoms with Crippen molar-refractivity contribution >= 4 is 23.4 Å². The summed E-state index contributed by atoms with van der Waals surface area (Å²) in [4.78, 5) is 10.8. The molecule has 78 valence electrons. The van der Waals surface area contributed by atoms with Crippen LogP contribution in [0.2, 0.25) is 0 Å². The van der Waals surface area contributed by atoms with Gasteiger partial charge >= 0.3 is 5.88 Å². The molecule has 1 aromatic heterocycles. The topological polar surface area (TPSA) is 59.0 Å². The molecule has 0 aliphatic heterocycles. The molecule has 1 aromatic rings. The van der Waals surface area contributed by atoms with Crippen LogP contribution in [-0.4, -0.2) is 11.2 Å². The van der Waals surface area contributed by atoms with E-state index in [1.807, 2.05) is 13.8 Å². The first-order valence-electron chi connectivity index (χ1n) is 4.30. The number of halogens is 1. The lowest BCUT2D eigenvalue weighted by Crippen LogP contribution is -2.41. The van der Waals surface area contributed by atoms with Crippen LogP contribution >= 0.6 is 11.6 Å². The molecule has 1 rings (SSSR count). The maximum Gasteiger partial charge on any atom is 0.306 e. The minimum atomic E-state index is -0.205. The van der Waals surface area contributed by atoms with Crippen molar-refractivity contribution in [2.45, 2.75) is 32.7 Å². The zero-order chi connectivity index (χ0) is 10.7. The molecule has 5 nitrogen and oxygen atoms in total. The molecular weight excluding hydrogens is 206 g/mol. The number of anilines is 1. The van der Waals surface area contributed by atoms with Gasteiger partial charge in [-0.25, -0.2) is 0 Å². The Hall–Kier alpha value is -1.10. The Labute approximate surface area is 87.0 Å². The summed E-state index contributed by atoms with van der Waals surface area (Å²) in [5.41, 5.74) is 0.678. The average molecular weight is 219 g/mol. The second-order valence-corrected chi connectivity index (χ2v) is 3.47. The molecule has 0 radical (unpaired) electrons. The normalized spacial score (nSPS) is 10.6. The number of nitrogens with one attached hydrogen (secondary N) is 1. The first kappa shape index (κ1) is 11.0. The quantitative estimate of drug-likeness (QED) is 0.614. The minimum absolute atomic E-state index is 0.148. The van der Waals surface area contributed by atoms with Crippen molar-refractivity contribution in [3.63, 3.8) is 0 Å². The van der Waals surface area contributed by atoms with Gasteiger partial charge in [0, 0.05) is 20.8 Å². The van der Waals surface area contributed by atoms with E-state index in [1.54, 1.807) is 4.68 Å². The van der Waals surface area contributed by atoms with Gasteiger partial charge in [-0.15, -0.1) is 11.6 Å². The third-order valence-electron chi connectivity index (χ3n) is 1.66. The van der Waals surface area contributed by atoms with E-state index in [2.05, 4.69) is 10.6 Å². The summed E-state index contributed by atoms with van der Waals surface area (Å²) >= 11 is 5.73. The number of nitrogens with zero attached hydrogens (tertiary/aromatic N) is 2. The molecule has 0 aliphatic carbocycles. The largest absolute Gasteiger partial charge is 0.306 e. The van der Waals surface area contributed by atoms with Gasteiger partial charge in [-0.05, 0) is 4.68 Å². The Bertz CT molecular complexity index is 335. The van der Waals surface area contributed by atoms with Crippen molar-refractivity contribution in [2.75, 3.05) is 5.32 Å². The highest BCUT2D eigenvalue weighted by Crippen LogP contribution is 2.14. The predicted octanol–water partition coefficient (Wildman–Crippen LogP) is 1.24. The average Bonchev–Trinajstić information content (AvgIpc) is 2.46. The van der Waals surface area contributed by atoms with Gasteiger partial charge in [0.2, 0.25) is 11.2 Å². The highest BCUT2D eigenvalue weighted by molar-refractivity contribution is 6.17. The van der Waals surface area contributed by atoms with Crippen LogP contribution in [0.25, 0.3) is 0 Å². The van der Waals surface area contributed by atoms with Crippen molar-refractivity contribution in [3.8, 4) is 0 Å². The van der Waals surface area contributed by atoms with Crippen molar-refractivity contribution < 1.29 is 14.0 Å². The van der Waals surface area contributed by atoms with Crippen molar-refractivity contribution in [1.29, 1.82) is 0 Å². The van der Waals surface area contributed by atoms with Crippen LogP contribution in [0, 0.1) is 0 Å². The fourth-order valence-corrected chi connectivity index (χ4v) is 1.32.